The summed E-state index contributed by atoms with van der Waals surface area (Å²) in [5.41, 5.74) is 0.820. The maximum atomic E-state index is 12.9. The fourth-order valence-corrected chi connectivity index (χ4v) is 1.46. The lowest BCUT2D eigenvalue weighted by atomic mass is 10.1. The van der Waals surface area contributed by atoms with Crippen molar-refractivity contribution in [2.75, 3.05) is 6.54 Å². The minimum absolute atomic E-state index is 0.0283. The van der Waals surface area contributed by atoms with E-state index in [-0.39, 0.29) is 13.0 Å². The van der Waals surface area contributed by atoms with Crippen LogP contribution in [0.2, 0.25) is 0 Å². The molecule has 0 saturated heterocycles. The number of alkyl halides is 7. The monoisotopic (exact) mass is 335 g/mol. The lowest BCUT2D eigenvalue weighted by Gasteiger charge is -2.27. The highest BCUT2D eigenvalue weighted by atomic mass is 19.4. The number of halogens is 7. The molecule has 0 bridgehead atoms. The predicted molar refractivity (Wildman–Crippen MR) is 60.5 cm³/mol. The van der Waals surface area contributed by atoms with Gasteiger partial charge in [-0.3, -0.25) is 9.48 Å². The van der Waals surface area contributed by atoms with Gasteiger partial charge in [0, 0.05) is 19.3 Å². The number of rotatable bonds is 6. The molecule has 0 aliphatic carbocycles. The summed E-state index contributed by atoms with van der Waals surface area (Å²) >= 11 is 0. The van der Waals surface area contributed by atoms with Gasteiger partial charge < -0.3 is 5.32 Å². The Kier molecular flexibility index (Phi) is 5.08. The van der Waals surface area contributed by atoms with E-state index in [1.807, 2.05) is 0 Å². The lowest BCUT2D eigenvalue weighted by molar-refractivity contribution is -0.344. The third-order valence-corrected chi connectivity index (χ3v) is 2.65. The molecule has 22 heavy (non-hydrogen) atoms. The highest BCUT2D eigenvalue weighted by Gasteiger charge is 2.76. The van der Waals surface area contributed by atoms with Gasteiger partial charge in [-0.25, -0.2) is 0 Å². The number of amides is 1. The molecule has 11 heteroatoms. The van der Waals surface area contributed by atoms with Gasteiger partial charge in [0.2, 0.25) is 0 Å². The van der Waals surface area contributed by atoms with Crippen molar-refractivity contribution in [3.05, 3.63) is 18.0 Å². The van der Waals surface area contributed by atoms with Crippen molar-refractivity contribution in [1.82, 2.24) is 15.1 Å². The molecule has 126 valence electrons. The molecule has 0 fully saturated rings. The second-order valence-electron chi connectivity index (χ2n) is 4.54. The van der Waals surface area contributed by atoms with Gasteiger partial charge in [0.1, 0.15) is 0 Å². The van der Waals surface area contributed by atoms with Crippen LogP contribution in [0, 0.1) is 6.92 Å². The average molecular weight is 335 g/mol. The van der Waals surface area contributed by atoms with Crippen molar-refractivity contribution >= 4 is 5.91 Å². The summed E-state index contributed by atoms with van der Waals surface area (Å²) < 4.78 is 88.1. The van der Waals surface area contributed by atoms with Crippen molar-refractivity contribution in [1.29, 1.82) is 0 Å². The minimum Gasteiger partial charge on any atom is -0.351 e. The number of nitrogens with zero attached hydrogens (tertiary/aromatic N) is 2. The molecule has 1 N–H and O–H groups in total. The van der Waals surface area contributed by atoms with E-state index in [0.717, 1.165) is 5.56 Å². The van der Waals surface area contributed by atoms with Crippen molar-refractivity contribution < 1.29 is 35.5 Å². The van der Waals surface area contributed by atoms with Crippen molar-refractivity contribution in [2.45, 2.75) is 37.9 Å². The highest BCUT2D eigenvalue weighted by Crippen LogP contribution is 2.46. The van der Waals surface area contributed by atoms with E-state index < -0.39 is 30.5 Å². The van der Waals surface area contributed by atoms with E-state index in [4.69, 9.17) is 0 Å². The van der Waals surface area contributed by atoms with Crippen LogP contribution in [0.3, 0.4) is 0 Å². The van der Waals surface area contributed by atoms with E-state index in [9.17, 15) is 35.5 Å². The number of nitrogens with one attached hydrogen (secondary N) is 1. The number of carbonyl (C=O) groups excluding carboxylic acids is 1. The third-order valence-electron chi connectivity index (χ3n) is 2.65. The normalized spacial score (nSPS) is 13.3. The first kappa shape index (κ1) is 18.2. The molecule has 1 rings (SSSR count). The summed E-state index contributed by atoms with van der Waals surface area (Å²) in [5.74, 6) is -15.0. The molecule has 0 atom stereocenters. The number of carbonyl (C=O) groups is 1. The second-order valence-corrected chi connectivity index (χ2v) is 4.54. The molecule has 0 aromatic carbocycles. The quantitative estimate of drug-likeness (QED) is 0.641. The van der Waals surface area contributed by atoms with Crippen LogP contribution >= 0.6 is 0 Å². The van der Waals surface area contributed by atoms with Gasteiger partial charge in [-0.1, -0.05) is 0 Å². The topological polar surface area (TPSA) is 46.9 Å². The SMILES string of the molecule is Cc1cnn(CCCNC(=O)C(F)(F)C(F)(F)C(F)(F)F)c1. The molecule has 0 spiro atoms. The van der Waals surface area contributed by atoms with Gasteiger partial charge in [0.15, 0.2) is 0 Å². The molecule has 1 aromatic heterocycles. The molecule has 0 aliphatic rings. The summed E-state index contributed by atoms with van der Waals surface area (Å²) in [7, 11) is 0. The van der Waals surface area contributed by atoms with Crippen molar-refractivity contribution in [3.8, 4) is 0 Å². The fraction of sp³-hybridized carbons (Fsp3) is 0.636. The molecule has 1 aromatic rings. The molecular formula is C11H12F7N3O. The van der Waals surface area contributed by atoms with Gasteiger partial charge in [-0.15, -0.1) is 0 Å². The van der Waals surface area contributed by atoms with Crippen molar-refractivity contribution in [3.63, 3.8) is 0 Å². The van der Waals surface area contributed by atoms with Gasteiger partial charge in [-0.05, 0) is 18.9 Å². The van der Waals surface area contributed by atoms with Crippen LogP contribution in [0.25, 0.3) is 0 Å². The van der Waals surface area contributed by atoms with Gasteiger partial charge in [-0.2, -0.15) is 35.8 Å². The van der Waals surface area contributed by atoms with E-state index >= 15 is 0 Å². The molecule has 0 saturated carbocycles. The number of hydrogen-bond acceptors (Lipinski definition) is 2. The number of hydrogen-bond donors (Lipinski definition) is 1. The predicted octanol–water partition coefficient (Wildman–Crippen LogP) is 2.53. The second kappa shape index (κ2) is 6.13. The largest absolute Gasteiger partial charge is 0.460 e. The van der Waals surface area contributed by atoms with Crippen LogP contribution < -0.4 is 5.32 Å². The van der Waals surface area contributed by atoms with E-state index in [2.05, 4.69) is 5.10 Å². The Labute approximate surface area is 120 Å². The van der Waals surface area contributed by atoms with Crippen LogP contribution in [-0.4, -0.2) is 40.3 Å². The van der Waals surface area contributed by atoms with Crippen LogP contribution in [-0.2, 0) is 11.3 Å². The number of aryl methyl sites for hydroxylation is 2. The van der Waals surface area contributed by atoms with E-state index in [0.29, 0.717) is 0 Å². The standard InChI is InChI=1S/C11H12F7N3O/c1-7-5-20-21(6-7)4-2-3-19-8(22)9(12,13)10(14,15)11(16,17)18/h5-6H,2-4H2,1H3,(H,19,22). The van der Waals surface area contributed by atoms with Crippen LogP contribution in [0.5, 0.6) is 0 Å². The zero-order valence-corrected chi connectivity index (χ0v) is 11.2. The maximum Gasteiger partial charge on any atom is 0.460 e. The maximum absolute atomic E-state index is 12.9. The van der Waals surface area contributed by atoms with Gasteiger partial charge in [0.25, 0.3) is 5.91 Å². The van der Waals surface area contributed by atoms with Crippen LogP contribution in [0.15, 0.2) is 12.4 Å². The first-order valence-corrected chi connectivity index (χ1v) is 5.99. The number of aromatic nitrogens is 2. The molecular weight excluding hydrogens is 323 g/mol. The molecule has 0 radical (unpaired) electrons. The molecule has 1 heterocycles. The minimum atomic E-state index is -6.53. The smallest absolute Gasteiger partial charge is 0.351 e. The molecule has 1 amide bonds. The summed E-state index contributed by atoms with van der Waals surface area (Å²) in [6.45, 7) is 1.42. The molecule has 4 nitrogen and oxygen atoms in total. The van der Waals surface area contributed by atoms with Crippen molar-refractivity contribution in [2.24, 2.45) is 0 Å². The third kappa shape index (κ3) is 3.69. The van der Waals surface area contributed by atoms with E-state index in [1.165, 1.54) is 16.2 Å². The Morgan fingerprint density at radius 3 is 2.27 bits per heavy atom. The van der Waals surface area contributed by atoms with E-state index in [1.54, 1.807) is 13.1 Å². The summed E-state index contributed by atoms with van der Waals surface area (Å²) in [6.07, 6.45) is -3.38. The average Bonchev–Trinajstić information content (AvgIpc) is 2.78. The summed E-state index contributed by atoms with van der Waals surface area (Å²) in [5, 5.41) is 5.21. The lowest BCUT2D eigenvalue weighted by Crippen LogP contribution is -2.59. The zero-order valence-electron chi connectivity index (χ0n) is 11.2. The Balaban J connectivity index is 2.53. The highest BCUT2D eigenvalue weighted by molar-refractivity contribution is 5.84. The first-order chi connectivity index (χ1) is 9.89. The first-order valence-electron chi connectivity index (χ1n) is 5.99. The van der Waals surface area contributed by atoms with Crippen LogP contribution in [0.4, 0.5) is 30.7 Å². The zero-order chi connectivity index (χ0) is 17.2. The van der Waals surface area contributed by atoms with Crippen LogP contribution in [0.1, 0.15) is 12.0 Å². The Morgan fingerprint density at radius 1 is 1.23 bits per heavy atom. The Bertz CT molecular complexity index is 524. The molecule has 0 aliphatic heterocycles. The Hall–Kier alpha value is -1.81. The fourth-order valence-electron chi connectivity index (χ4n) is 1.46. The van der Waals surface area contributed by atoms with Gasteiger partial charge >= 0.3 is 18.0 Å². The molecule has 0 unspecified atom stereocenters. The Morgan fingerprint density at radius 2 is 1.82 bits per heavy atom. The van der Waals surface area contributed by atoms with Gasteiger partial charge in [0.05, 0.1) is 6.20 Å². The summed E-state index contributed by atoms with van der Waals surface area (Å²) in [4.78, 5) is 10.9. The summed E-state index contributed by atoms with van der Waals surface area (Å²) in [6, 6.07) is 0.